The number of pyridine rings is 1. The van der Waals surface area contributed by atoms with Gasteiger partial charge in [-0.3, -0.25) is 19.5 Å². The number of aromatic nitrogens is 4. The number of amides is 2. The smallest absolute Gasteiger partial charge is 0.346 e. The highest BCUT2D eigenvalue weighted by atomic mass is 32.1. The maximum Gasteiger partial charge on any atom is 0.416 e. The Morgan fingerprint density at radius 1 is 0.949 bits per heavy atom. The molecule has 0 fully saturated rings. The summed E-state index contributed by atoms with van der Waals surface area (Å²) in [5.41, 5.74) is 0.635. The SMILES string of the molecule is O=C(Nc1cccc(-n2ccnc2NC(=O)c2cc3cnc4[nH]ccc4c3s2)c1)c1cccc(C(F)(F)F)c1. The summed E-state index contributed by atoms with van der Waals surface area (Å²) in [5, 5.41) is 7.22. The van der Waals surface area contributed by atoms with Crippen LogP contribution in [0.5, 0.6) is 0 Å². The number of H-pyrrole nitrogens is 1. The van der Waals surface area contributed by atoms with Crippen LogP contribution in [0.1, 0.15) is 25.6 Å². The third-order valence-electron chi connectivity index (χ3n) is 5.99. The number of thiophene rings is 1. The van der Waals surface area contributed by atoms with Crippen LogP contribution in [0.25, 0.3) is 26.8 Å². The summed E-state index contributed by atoms with van der Waals surface area (Å²) in [5.74, 6) is -0.779. The number of fused-ring (bicyclic) bond motifs is 3. The summed E-state index contributed by atoms with van der Waals surface area (Å²) < 4.78 is 41.7. The van der Waals surface area contributed by atoms with Crippen molar-refractivity contribution in [2.45, 2.75) is 6.18 Å². The van der Waals surface area contributed by atoms with Gasteiger partial charge in [-0.15, -0.1) is 11.3 Å². The number of rotatable bonds is 5. The first-order chi connectivity index (χ1) is 18.8. The van der Waals surface area contributed by atoms with Crippen molar-refractivity contribution in [3.05, 3.63) is 101 Å². The van der Waals surface area contributed by atoms with Gasteiger partial charge in [0.2, 0.25) is 5.95 Å². The number of hydrogen-bond acceptors (Lipinski definition) is 5. The van der Waals surface area contributed by atoms with Crippen LogP contribution in [0.2, 0.25) is 0 Å². The molecule has 0 radical (unpaired) electrons. The molecule has 4 aromatic heterocycles. The van der Waals surface area contributed by atoms with Gasteiger partial charge in [0.05, 0.1) is 16.1 Å². The highest BCUT2D eigenvalue weighted by Crippen LogP contribution is 2.32. The Balaban J connectivity index is 1.22. The lowest BCUT2D eigenvalue weighted by Crippen LogP contribution is -2.15. The maximum absolute atomic E-state index is 13.1. The van der Waals surface area contributed by atoms with Crippen molar-refractivity contribution < 1.29 is 22.8 Å². The van der Waals surface area contributed by atoms with E-state index in [0.29, 0.717) is 16.3 Å². The number of nitrogens with one attached hydrogen (secondary N) is 3. The first-order valence-electron chi connectivity index (χ1n) is 11.6. The average Bonchev–Trinajstić information content (AvgIpc) is 3.67. The van der Waals surface area contributed by atoms with Crippen LogP contribution in [0.15, 0.2) is 85.5 Å². The van der Waals surface area contributed by atoms with Crippen molar-refractivity contribution in [1.82, 2.24) is 19.5 Å². The van der Waals surface area contributed by atoms with Crippen molar-refractivity contribution in [2.75, 3.05) is 10.6 Å². The second kappa shape index (κ2) is 9.40. The Hall–Kier alpha value is -4.97. The average molecular weight is 547 g/mol. The van der Waals surface area contributed by atoms with Gasteiger partial charge in [-0.1, -0.05) is 12.1 Å². The van der Waals surface area contributed by atoms with E-state index in [4.69, 9.17) is 0 Å². The summed E-state index contributed by atoms with van der Waals surface area (Å²) >= 11 is 1.35. The Morgan fingerprint density at radius 2 is 1.79 bits per heavy atom. The van der Waals surface area contributed by atoms with E-state index >= 15 is 0 Å². The molecule has 0 bridgehead atoms. The standard InChI is InChI=1S/C27H17F3N6O2S/c28-27(29,30)17-4-1-3-15(11-17)24(37)34-18-5-2-6-19(13-18)36-10-9-32-26(36)35-25(38)21-12-16-14-33-23-20(7-8-31-23)22(16)39-21/h1-14H,(H,31,33)(H,34,37)(H,32,35,38). The van der Waals surface area contributed by atoms with E-state index in [1.165, 1.54) is 29.7 Å². The molecule has 0 aliphatic heterocycles. The van der Waals surface area contributed by atoms with E-state index in [2.05, 4.69) is 25.6 Å². The molecular weight excluding hydrogens is 529 g/mol. The maximum atomic E-state index is 13.1. The van der Waals surface area contributed by atoms with Gasteiger partial charge >= 0.3 is 6.18 Å². The van der Waals surface area contributed by atoms with E-state index in [1.54, 1.807) is 53.5 Å². The van der Waals surface area contributed by atoms with E-state index in [-0.39, 0.29) is 17.4 Å². The number of nitrogens with zero attached hydrogens (tertiary/aromatic N) is 3. The topological polar surface area (TPSA) is 105 Å². The molecule has 4 heterocycles. The molecule has 8 nitrogen and oxygen atoms in total. The molecular formula is C27H17F3N6O2S. The van der Waals surface area contributed by atoms with Crippen molar-refractivity contribution in [3.63, 3.8) is 0 Å². The van der Waals surface area contributed by atoms with Crippen LogP contribution in [0.3, 0.4) is 0 Å². The van der Waals surface area contributed by atoms with Gasteiger partial charge < -0.3 is 10.3 Å². The van der Waals surface area contributed by atoms with Gasteiger partial charge in [0.1, 0.15) is 5.65 Å². The predicted molar refractivity (Wildman–Crippen MR) is 142 cm³/mol. The second-order valence-corrected chi connectivity index (χ2v) is 9.60. The van der Waals surface area contributed by atoms with Crippen molar-refractivity contribution in [3.8, 4) is 5.69 Å². The van der Waals surface area contributed by atoms with Gasteiger partial charge in [-0.25, -0.2) is 9.97 Å². The summed E-state index contributed by atoms with van der Waals surface area (Å²) in [7, 11) is 0. The number of hydrogen-bond donors (Lipinski definition) is 3. The molecule has 2 amide bonds. The van der Waals surface area contributed by atoms with Crippen molar-refractivity contribution in [2.24, 2.45) is 0 Å². The normalized spacial score (nSPS) is 11.7. The fourth-order valence-electron chi connectivity index (χ4n) is 4.15. The summed E-state index contributed by atoms with van der Waals surface area (Å²) in [6.07, 6.45) is 2.10. The number of alkyl halides is 3. The van der Waals surface area contributed by atoms with Crippen LogP contribution in [0.4, 0.5) is 24.8 Å². The van der Waals surface area contributed by atoms with Crippen molar-refractivity contribution >= 4 is 55.9 Å². The molecule has 3 N–H and O–H groups in total. The highest BCUT2D eigenvalue weighted by molar-refractivity contribution is 7.21. The third kappa shape index (κ3) is 4.73. The molecule has 39 heavy (non-hydrogen) atoms. The lowest BCUT2D eigenvalue weighted by Gasteiger charge is -2.12. The van der Waals surface area contributed by atoms with E-state index < -0.39 is 17.6 Å². The van der Waals surface area contributed by atoms with Crippen LogP contribution in [-0.2, 0) is 6.18 Å². The van der Waals surface area contributed by atoms with Crippen molar-refractivity contribution in [1.29, 1.82) is 0 Å². The van der Waals surface area contributed by atoms with Gasteiger partial charge in [0, 0.05) is 51.5 Å². The predicted octanol–water partition coefficient (Wildman–Crippen LogP) is 6.49. The monoisotopic (exact) mass is 546 g/mol. The number of imidazole rings is 1. The molecule has 6 aromatic rings. The van der Waals surface area contributed by atoms with Crippen LogP contribution in [0, 0.1) is 0 Å². The number of carbonyl (C=O) groups excluding carboxylic acids is 2. The summed E-state index contributed by atoms with van der Waals surface area (Å²) in [6, 6.07) is 14.5. The van der Waals surface area contributed by atoms with Gasteiger partial charge in [-0.2, -0.15) is 13.2 Å². The molecule has 6 rings (SSSR count). The summed E-state index contributed by atoms with van der Waals surface area (Å²) in [6.45, 7) is 0. The zero-order chi connectivity index (χ0) is 27.1. The molecule has 0 saturated heterocycles. The Bertz CT molecular complexity index is 1870. The fourth-order valence-corrected chi connectivity index (χ4v) is 5.20. The molecule has 0 spiro atoms. The zero-order valence-electron chi connectivity index (χ0n) is 19.8. The first-order valence-corrected chi connectivity index (χ1v) is 12.4. The van der Waals surface area contributed by atoms with Gasteiger partial charge in [-0.05, 0) is 48.5 Å². The van der Waals surface area contributed by atoms with Gasteiger partial charge in [0.15, 0.2) is 0 Å². The second-order valence-electron chi connectivity index (χ2n) is 8.55. The fraction of sp³-hybridized carbons (Fsp3) is 0.0370. The number of carbonyl (C=O) groups is 2. The first kappa shape index (κ1) is 24.4. The minimum absolute atomic E-state index is 0.124. The number of benzene rings is 2. The van der Waals surface area contributed by atoms with E-state index in [1.807, 2.05) is 6.07 Å². The Labute approximate surface area is 222 Å². The minimum Gasteiger partial charge on any atom is -0.346 e. The molecule has 12 heteroatoms. The molecule has 0 aliphatic carbocycles. The molecule has 2 aromatic carbocycles. The number of anilines is 2. The van der Waals surface area contributed by atoms with E-state index in [9.17, 15) is 22.8 Å². The van der Waals surface area contributed by atoms with Crippen LogP contribution < -0.4 is 10.6 Å². The largest absolute Gasteiger partial charge is 0.416 e. The van der Waals surface area contributed by atoms with Crippen LogP contribution in [-0.4, -0.2) is 31.3 Å². The zero-order valence-corrected chi connectivity index (χ0v) is 20.6. The Kier molecular flexibility index (Phi) is 5.88. The van der Waals surface area contributed by atoms with E-state index in [0.717, 1.165) is 33.3 Å². The lowest BCUT2D eigenvalue weighted by molar-refractivity contribution is -0.137. The minimum atomic E-state index is -4.56. The number of aromatic amines is 1. The highest BCUT2D eigenvalue weighted by Gasteiger charge is 2.31. The quantitative estimate of drug-likeness (QED) is 0.230. The summed E-state index contributed by atoms with van der Waals surface area (Å²) in [4.78, 5) is 37.9. The molecule has 194 valence electrons. The molecule has 0 atom stereocenters. The molecule has 0 saturated carbocycles. The van der Waals surface area contributed by atoms with Gasteiger partial charge in [0.25, 0.3) is 11.8 Å². The lowest BCUT2D eigenvalue weighted by atomic mass is 10.1. The van der Waals surface area contributed by atoms with Crippen LogP contribution >= 0.6 is 11.3 Å². The molecule has 0 unspecified atom stereocenters. The number of halogens is 3. The Morgan fingerprint density at radius 3 is 2.64 bits per heavy atom. The molecule has 0 aliphatic rings. The third-order valence-corrected chi connectivity index (χ3v) is 7.17.